The first-order valence-corrected chi connectivity index (χ1v) is 4.89. The van der Waals surface area contributed by atoms with Crippen LogP contribution in [0.15, 0.2) is 18.2 Å². The number of pyridine rings is 1. The molecule has 0 bridgehead atoms. The maximum absolute atomic E-state index is 11.7. The van der Waals surface area contributed by atoms with Crippen LogP contribution in [-0.4, -0.2) is 22.3 Å². The highest BCUT2D eigenvalue weighted by molar-refractivity contribution is 5.97. The van der Waals surface area contributed by atoms with Crippen molar-refractivity contribution in [3.63, 3.8) is 0 Å². The minimum Gasteiger partial charge on any atom is -0.368 e. The third-order valence-electron chi connectivity index (χ3n) is 2.16. The third kappa shape index (κ3) is 2.79. The summed E-state index contributed by atoms with van der Waals surface area (Å²) in [5, 5.41) is 2.52. The molecule has 3 N–H and O–H groups in total. The number of hydrogen-bond acceptors (Lipinski definition) is 3. The lowest BCUT2D eigenvalue weighted by molar-refractivity contribution is -0.122. The molecule has 1 heterocycles. The quantitative estimate of drug-likeness (QED) is 0.774. The number of aromatic nitrogens is 1. The fourth-order valence-corrected chi connectivity index (χ4v) is 1.08. The van der Waals surface area contributed by atoms with Crippen molar-refractivity contribution in [2.45, 2.75) is 26.3 Å². The van der Waals surface area contributed by atoms with Crippen molar-refractivity contribution in [3.05, 3.63) is 29.6 Å². The van der Waals surface area contributed by atoms with E-state index in [2.05, 4.69) is 10.3 Å². The minimum atomic E-state index is -1.08. The van der Waals surface area contributed by atoms with Crippen LogP contribution in [0.3, 0.4) is 0 Å². The molecule has 0 spiro atoms. The van der Waals surface area contributed by atoms with Gasteiger partial charge in [0.05, 0.1) is 0 Å². The normalized spacial score (nSPS) is 10.9. The fourth-order valence-electron chi connectivity index (χ4n) is 1.08. The van der Waals surface area contributed by atoms with Crippen molar-refractivity contribution < 1.29 is 9.59 Å². The summed E-state index contributed by atoms with van der Waals surface area (Å²) in [6.45, 7) is 4.88. The van der Waals surface area contributed by atoms with Gasteiger partial charge in [-0.25, -0.2) is 4.98 Å². The highest BCUT2D eigenvalue weighted by Gasteiger charge is 2.27. The Bertz CT molecular complexity index is 427. The van der Waals surface area contributed by atoms with Crippen LogP contribution < -0.4 is 11.1 Å². The van der Waals surface area contributed by atoms with Crippen LogP contribution in [0.25, 0.3) is 0 Å². The number of nitrogens with one attached hydrogen (secondary N) is 1. The van der Waals surface area contributed by atoms with Gasteiger partial charge in [-0.3, -0.25) is 9.59 Å². The largest absolute Gasteiger partial charge is 0.368 e. The van der Waals surface area contributed by atoms with Gasteiger partial charge in [-0.05, 0) is 32.9 Å². The van der Waals surface area contributed by atoms with E-state index in [1.807, 2.05) is 0 Å². The highest BCUT2D eigenvalue weighted by atomic mass is 16.2. The maximum atomic E-state index is 11.7. The van der Waals surface area contributed by atoms with Crippen LogP contribution >= 0.6 is 0 Å². The van der Waals surface area contributed by atoms with Crippen molar-refractivity contribution in [1.29, 1.82) is 0 Å². The summed E-state index contributed by atoms with van der Waals surface area (Å²) in [4.78, 5) is 26.8. The lowest BCUT2D eigenvalue weighted by Gasteiger charge is -2.21. The molecule has 5 heteroatoms. The Labute approximate surface area is 94.1 Å². The Balaban J connectivity index is 2.85. The van der Waals surface area contributed by atoms with Gasteiger partial charge in [-0.1, -0.05) is 6.07 Å². The van der Waals surface area contributed by atoms with Crippen LogP contribution in [0.5, 0.6) is 0 Å². The summed E-state index contributed by atoms with van der Waals surface area (Å²) in [6, 6.07) is 5.10. The molecule has 1 aromatic heterocycles. The molecule has 86 valence electrons. The van der Waals surface area contributed by atoms with E-state index in [-0.39, 0.29) is 5.69 Å². The van der Waals surface area contributed by atoms with E-state index < -0.39 is 17.4 Å². The molecule has 0 aliphatic rings. The van der Waals surface area contributed by atoms with E-state index in [4.69, 9.17) is 5.73 Å². The topological polar surface area (TPSA) is 85.1 Å². The van der Waals surface area contributed by atoms with E-state index in [9.17, 15) is 9.59 Å². The van der Waals surface area contributed by atoms with E-state index >= 15 is 0 Å². The van der Waals surface area contributed by atoms with Gasteiger partial charge >= 0.3 is 0 Å². The van der Waals surface area contributed by atoms with Crippen molar-refractivity contribution in [3.8, 4) is 0 Å². The number of aryl methyl sites for hydroxylation is 1. The molecule has 0 fully saturated rings. The molecule has 1 rings (SSSR count). The molecule has 0 saturated carbocycles. The lowest BCUT2D eigenvalue weighted by atomic mass is 10.0. The monoisotopic (exact) mass is 221 g/mol. The van der Waals surface area contributed by atoms with Gasteiger partial charge in [0.25, 0.3) is 5.91 Å². The molecule has 5 nitrogen and oxygen atoms in total. The van der Waals surface area contributed by atoms with E-state index in [0.717, 1.165) is 5.69 Å². The molecular formula is C11H15N3O2. The average Bonchev–Trinajstić information content (AvgIpc) is 2.16. The number of nitrogens with zero attached hydrogens (tertiary/aromatic N) is 1. The van der Waals surface area contributed by atoms with Crippen LogP contribution in [0.1, 0.15) is 30.0 Å². The molecule has 0 radical (unpaired) electrons. The number of hydrogen-bond donors (Lipinski definition) is 2. The second kappa shape index (κ2) is 4.30. The first-order valence-electron chi connectivity index (χ1n) is 4.89. The Morgan fingerprint density at radius 1 is 1.38 bits per heavy atom. The fraction of sp³-hybridized carbons (Fsp3) is 0.364. The number of amides is 2. The number of rotatable bonds is 3. The zero-order chi connectivity index (χ0) is 12.3. The van der Waals surface area contributed by atoms with E-state index in [1.165, 1.54) is 0 Å². The Hall–Kier alpha value is -1.91. The molecule has 2 amide bonds. The zero-order valence-electron chi connectivity index (χ0n) is 9.57. The van der Waals surface area contributed by atoms with Crippen molar-refractivity contribution in [2.75, 3.05) is 0 Å². The molecule has 0 aromatic carbocycles. The second-order valence-corrected chi connectivity index (χ2v) is 4.11. The van der Waals surface area contributed by atoms with Gasteiger partial charge in [0.15, 0.2) is 0 Å². The third-order valence-corrected chi connectivity index (χ3v) is 2.16. The SMILES string of the molecule is Cc1cccc(C(=O)NC(C)(C)C(N)=O)n1. The summed E-state index contributed by atoms with van der Waals surface area (Å²) in [7, 11) is 0. The Morgan fingerprint density at radius 2 is 2.00 bits per heavy atom. The highest BCUT2D eigenvalue weighted by Crippen LogP contribution is 2.04. The van der Waals surface area contributed by atoms with Crippen LogP contribution in [-0.2, 0) is 4.79 Å². The molecular weight excluding hydrogens is 206 g/mol. The van der Waals surface area contributed by atoms with Gasteiger partial charge in [-0.2, -0.15) is 0 Å². The second-order valence-electron chi connectivity index (χ2n) is 4.11. The standard InChI is InChI=1S/C11H15N3O2/c1-7-5-4-6-8(13-7)9(15)14-11(2,3)10(12)16/h4-6H,1-3H3,(H2,12,16)(H,14,15). The van der Waals surface area contributed by atoms with Crippen molar-refractivity contribution in [2.24, 2.45) is 5.73 Å². The van der Waals surface area contributed by atoms with Crippen LogP contribution in [0, 0.1) is 6.92 Å². The minimum absolute atomic E-state index is 0.273. The Kier molecular flexibility index (Phi) is 3.27. The number of carbonyl (C=O) groups is 2. The summed E-state index contributed by atoms with van der Waals surface area (Å²) >= 11 is 0. The zero-order valence-corrected chi connectivity index (χ0v) is 9.57. The summed E-state index contributed by atoms with van der Waals surface area (Å²) in [6.07, 6.45) is 0. The summed E-state index contributed by atoms with van der Waals surface area (Å²) in [5.41, 5.74) is 5.08. The van der Waals surface area contributed by atoms with Gasteiger partial charge in [-0.15, -0.1) is 0 Å². The van der Waals surface area contributed by atoms with Crippen molar-refractivity contribution >= 4 is 11.8 Å². The molecule has 0 atom stereocenters. The molecule has 0 saturated heterocycles. The summed E-state index contributed by atoms with van der Waals surface area (Å²) < 4.78 is 0. The Morgan fingerprint density at radius 3 is 2.50 bits per heavy atom. The van der Waals surface area contributed by atoms with Crippen LogP contribution in [0.4, 0.5) is 0 Å². The smallest absolute Gasteiger partial charge is 0.270 e. The molecule has 0 unspecified atom stereocenters. The molecule has 0 aliphatic carbocycles. The number of carbonyl (C=O) groups excluding carboxylic acids is 2. The van der Waals surface area contributed by atoms with Gasteiger partial charge in [0.2, 0.25) is 5.91 Å². The first kappa shape index (κ1) is 12.2. The van der Waals surface area contributed by atoms with Gasteiger partial charge in [0.1, 0.15) is 11.2 Å². The van der Waals surface area contributed by atoms with Crippen LogP contribution in [0.2, 0.25) is 0 Å². The van der Waals surface area contributed by atoms with E-state index in [0.29, 0.717) is 0 Å². The van der Waals surface area contributed by atoms with Gasteiger partial charge in [0, 0.05) is 5.69 Å². The predicted molar refractivity (Wildman–Crippen MR) is 59.7 cm³/mol. The van der Waals surface area contributed by atoms with E-state index in [1.54, 1.807) is 39.0 Å². The average molecular weight is 221 g/mol. The lowest BCUT2D eigenvalue weighted by Crippen LogP contribution is -2.53. The van der Waals surface area contributed by atoms with Crippen molar-refractivity contribution in [1.82, 2.24) is 10.3 Å². The molecule has 1 aromatic rings. The maximum Gasteiger partial charge on any atom is 0.270 e. The molecule has 16 heavy (non-hydrogen) atoms. The first-order chi connectivity index (χ1) is 7.33. The molecule has 0 aliphatic heterocycles. The summed E-state index contributed by atoms with van der Waals surface area (Å²) in [5.74, 6) is -0.999. The van der Waals surface area contributed by atoms with Gasteiger partial charge < -0.3 is 11.1 Å². The number of nitrogens with two attached hydrogens (primary N) is 1. The predicted octanol–water partition coefficient (Wildman–Crippen LogP) is 0.384. The number of primary amides is 1.